The van der Waals surface area contributed by atoms with E-state index < -0.39 is 8.25 Å². The van der Waals surface area contributed by atoms with Crippen molar-refractivity contribution in [3.63, 3.8) is 0 Å². The molecule has 0 bridgehead atoms. The summed E-state index contributed by atoms with van der Waals surface area (Å²) in [7, 11) is -3.13. The molecule has 0 unspecified atom stereocenters. The molecule has 20 heavy (non-hydrogen) atoms. The van der Waals surface area contributed by atoms with Crippen molar-refractivity contribution in [3.05, 3.63) is 0 Å². The Balaban J connectivity index is 0. The molecule has 0 saturated carbocycles. The van der Waals surface area contributed by atoms with Gasteiger partial charge in [0.25, 0.3) is 0 Å². The van der Waals surface area contributed by atoms with Crippen LogP contribution in [0.3, 0.4) is 0 Å². The standard InChI is InChI=1S/C16H34.H3O3P/c1-4-7-10-11-12-15-16(13-8-5-2)14-9-6-3;1-4(2)3/h16H,4-15H2,1-3H3;4H,(H2,1,2,3). The van der Waals surface area contributed by atoms with Crippen molar-refractivity contribution in [2.45, 2.75) is 97.8 Å². The van der Waals surface area contributed by atoms with Crippen molar-refractivity contribution in [1.82, 2.24) is 0 Å². The monoisotopic (exact) mass is 308 g/mol. The first kappa shape index (κ1) is 22.4. The van der Waals surface area contributed by atoms with Crippen LogP contribution in [0, 0.1) is 5.92 Å². The van der Waals surface area contributed by atoms with E-state index in [4.69, 9.17) is 14.4 Å². The van der Waals surface area contributed by atoms with E-state index in [1.807, 2.05) is 0 Å². The van der Waals surface area contributed by atoms with Crippen LogP contribution in [0.25, 0.3) is 0 Å². The summed E-state index contributed by atoms with van der Waals surface area (Å²) in [6.07, 6.45) is 17.4. The van der Waals surface area contributed by atoms with Gasteiger partial charge in [-0.25, -0.2) is 0 Å². The highest BCUT2D eigenvalue weighted by molar-refractivity contribution is 7.30. The molecule has 0 fully saturated rings. The molecule has 3 nitrogen and oxygen atoms in total. The van der Waals surface area contributed by atoms with Crippen molar-refractivity contribution >= 4 is 8.25 Å². The first-order chi connectivity index (χ1) is 9.58. The van der Waals surface area contributed by atoms with Crippen LogP contribution < -0.4 is 0 Å². The Bertz CT molecular complexity index is 186. The lowest BCUT2D eigenvalue weighted by Gasteiger charge is -2.16. The third-order valence-electron chi connectivity index (χ3n) is 3.65. The Morgan fingerprint density at radius 1 is 0.700 bits per heavy atom. The molecule has 0 radical (unpaired) electrons. The van der Waals surface area contributed by atoms with Crippen LogP contribution in [-0.4, -0.2) is 9.79 Å². The fraction of sp³-hybridized carbons (Fsp3) is 1.00. The third kappa shape index (κ3) is 23.3. The second-order valence-electron chi connectivity index (χ2n) is 5.64. The first-order valence-corrected chi connectivity index (χ1v) is 9.80. The van der Waals surface area contributed by atoms with E-state index in [-0.39, 0.29) is 0 Å². The summed E-state index contributed by atoms with van der Waals surface area (Å²) in [4.78, 5) is 14.3. The molecule has 0 aliphatic carbocycles. The summed E-state index contributed by atoms with van der Waals surface area (Å²) in [6.45, 7) is 6.93. The van der Waals surface area contributed by atoms with E-state index in [1.54, 1.807) is 0 Å². The zero-order valence-corrected chi connectivity index (χ0v) is 14.9. The van der Waals surface area contributed by atoms with Crippen LogP contribution in [0.2, 0.25) is 0 Å². The third-order valence-corrected chi connectivity index (χ3v) is 3.65. The summed E-state index contributed by atoms with van der Waals surface area (Å²) in [6, 6.07) is 0. The van der Waals surface area contributed by atoms with Gasteiger partial charge >= 0.3 is 8.25 Å². The second-order valence-corrected chi connectivity index (χ2v) is 6.20. The lowest BCUT2D eigenvalue weighted by molar-refractivity contribution is 0.377. The first-order valence-electron chi connectivity index (χ1n) is 8.50. The lowest BCUT2D eigenvalue weighted by atomic mass is 9.90. The zero-order valence-electron chi connectivity index (χ0n) is 13.9. The highest BCUT2D eigenvalue weighted by Gasteiger charge is 2.07. The molecule has 0 rings (SSSR count). The van der Waals surface area contributed by atoms with E-state index in [2.05, 4.69) is 20.8 Å². The van der Waals surface area contributed by atoms with Crippen molar-refractivity contribution in [2.24, 2.45) is 5.92 Å². The largest absolute Gasteiger partial charge is 0.326 e. The van der Waals surface area contributed by atoms with Crippen LogP contribution in [0.4, 0.5) is 0 Å². The fourth-order valence-corrected chi connectivity index (χ4v) is 2.46. The van der Waals surface area contributed by atoms with Gasteiger partial charge in [-0.2, -0.15) is 0 Å². The average molecular weight is 308 g/mol. The highest BCUT2D eigenvalue weighted by atomic mass is 31.1. The minimum atomic E-state index is -3.13. The topological polar surface area (TPSA) is 57.5 Å². The van der Waals surface area contributed by atoms with Crippen molar-refractivity contribution in [1.29, 1.82) is 0 Å². The van der Waals surface area contributed by atoms with Crippen LogP contribution in [0.1, 0.15) is 97.8 Å². The minimum absolute atomic E-state index is 1.04. The predicted octanol–water partition coefficient (Wildman–Crippen LogP) is 5.70. The van der Waals surface area contributed by atoms with Gasteiger partial charge in [-0.3, -0.25) is 4.57 Å². The van der Waals surface area contributed by atoms with Crippen molar-refractivity contribution < 1.29 is 14.4 Å². The molecule has 0 heterocycles. The van der Waals surface area contributed by atoms with Gasteiger partial charge in [-0.15, -0.1) is 0 Å². The van der Waals surface area contributed by atoms with Gasteiger partial charge in [-0.1, -0.05) is 97.8 Å². The molecule has 0 aliphatic rings. The number of hydrogen-bond acceptors (Lipinski definition) is 1. The number of unbranched alkanes of at least 4 members (excludes halogenated alkanes) is 6. The summed E-state index contributed by atoms with van der Waals surface area (Å²) >= 11 is 0. The molecule has 0 aromatic carbocycles. The molecule has 4 heteroatoms. The molecular formula is C16H37O3P. The van der Waals surface area contributed by atoms with E-state index >= 15 is 0 Å². The van der Waals surface area contributed by atoms with Gasteiger partial charge in [0.1, 0.15) is 0 Å². The number of hydrogen-bond donors (Lipinski definition) is 2. The van der Waals surface area contributed by atoms with Crippen LogP contribution in [-0.2, 0) is 4.57 Å². The van der Waals surface area contributed by atoms with Gasteiger partial charge in [0.15, 0.2) is 0 Å². The maximum atomic E-state index is 8.74. The van der Waals surface area contributed by atoms with Crippen molar-refractivity contribution in [2.75, 3.05) is 0 Å². The Morgan fingerprint density at radius 3 is 1.45 bits per heavy atom. The second kappa shape index (κ2) is 19.1. The molecule has 0 aliphatic heterocycles. The van der Waals surface area contributed by atoms with E-state index in [9.17, 15) is 0 Å². The molecule has 0 atom stereocenters. The SMILES string of the molecule is CCCCCCCC(CCCC)CCCC.O=[PH](O)O. The Labute approximate surface area is 127 Å². The summed E-state index contributed by atoms with van der Waals surface area (Å²) in [5.41, 5.74) is 0. The molecule has 124 valence electrons. The quantitative estimate of drug-likeness (QED) is 0.359. The average Bonchev–Trinajstić information content (AvgIpc) is 2.40. The van der Waals surface area contributed by atoms with Crippen molar-refractivity contribution in [3.8, 4) is 0 Å². The zero-order chi connectivity index (χ0) is 15.6. The molecule has 2 N–H and O–H groups in total. The summed E-state index contributed by atoms with van der Waals surface area (Å²) in [5, 5.41) is 0. The van der Waals surface area contributed by atoms with Gasteiger partial charge in [0, 0.05) is 0 Å². The van der Waals surface area contributed by atoms with Crippen LogP contribution in [0.15, 0.2) is 0 Å². The van der Waals surface area contributed by atoms with E-state index in [1.165, 1.54) is 77.0 Å². The van der Waals surface area contributed by atoms with Gasteiger partial charge in [0.05, 0.1) is 0 Å². The summed E-state index contributed by atoms with van der Waals surface area (Å²) in [5.74, 6) is 1.04. The van der Waals surface area contributed by atoms with Gasteiger partial charge in [0.2, 0.25) is 0 Å². The smallest absolute Gasteiger partial charge is 0.314 e. The molecule has 0 aromatic heterocycles. The van der Waals surface area contributed by atoms with Crippen LogP contribution in [0.5, 0.6) is 0 Å². The number of rotatable bonds is 12. The molecule has 0 spiro atoms. The molecule has 0 amide bonds. The highest BCUT2D eigenvalue weighted by Crippen LogP contribution is 2.22. The minimum Gasteiger partial charge on any atom is -0.326 e. The van der Waals surface area contributed by atoms with Gasteiger partial charge in [-0.05, 0) is 5.92 Å². The Morgan fingerprint density at radius 2 is 1.05 bits per heavy atom. The normalized spacial score (nSPS) is 10.8. The maximum Gasteiger partial charge on any atom is 0.314 e. The van der Waals surface area contributed by atoms with E-state index in [0.717, 1.165) is 5.92 Å². The Kier molecular flexibility index (Phi) is 21.5. The Hall–Kier alpha value is 0.150. The lowest BCUT2D eigenvalue weighted by Crippen LogP contribution is -2.00. The molecule has 0 aromatic rings. The maximum absolute atomic E-state index is 8.74. The molecule has 0 saturated heterocycles. The predicted molar refractivity (Wildman–Crippen MR) is 89.4 cm³/mol. The fourth-order valence-electron chi connectivity index (χ4n) is 2.46. The van der Waals surface area contributed by atoms with Crippen LogP contribution >= 0.6 is 8.25 Å². The van der Waals surface area contributed by atoms with Gasteiger partial charge < -0.3 is 9.79 Å². The summed E-state index contributed by atoms with van der Waals surface area (Å²) < 4.78 is 8.74. The van der Waals surface area contributed by atoms with E-state index in [0.29, 0.717) is 0 Å². The molecular weight excluding hydrogens is 271 g/mol.